The van der Waals surface area contributed by atoms with Gasteiger partial charge < -0.3 is 14.3 Å². The van der Waals surface area contributed by atoms with Gasteiger partial charge >= 0.3 is 0 Å². The van der Waals surface area contributed by atoms with Gasteiger partial charge in [-0.2, -0.15) is 0 Å². The van der Waals surface area contributed by atoms with Gasteiger partial charge in [-0.3, -0.25) is 0 Å². The standard InChI is InChI=1S/C12H11BrO3/c13-11-4-2-1-3-9(11)10(7-14)12-8-15-5-6-16-12/h1-3,5-8,10-11H,4H2. The van der Waals surface area contributed by atoms with Crippen LogP contribution in [0.1, 0.15) is 6.42 Å². The summed E-state index contributed by atoms with van der Waals surface area (Å²) in [5.41, 5.74) is 0.989. The lowest BCUT2D eigenvalue weighted by atomic mass is 9.91. The maximum Gasteiger partial charge on any atom is 0.153 e. The van der Waals surface area contributed by atoms with Crippen molar-refractivity contribution in [1.29, 1.82) is 0 Å². The minimum atomic E-state index is -0.390. The third-order valence-corrected chi connectivity index (χ3v) is 3.36. The Bertz CT molecular complexity index is 393. The second kappa shape index (κ2) is 5.16. The Labute approximate surface area is 102 Å². The van der Waals surface area contributed by atoms with Gasteiger partial charge in [-0.15, -0.1) is 0 Å². The second-order valence-electron chi connectivity index (χ2n) is 3.46. The molecule has 0 saturated heterocycles. The highest BCUT2D eigenvalue weighted by molar-refractivity contribution is 9.09. The normalized spacial score (nSPS) is 24.9. The van der Waals surface area contributed by atoms with E-state index in [2.05, 4.69) is 22.0 Å². The summed E-state index contributed by atoms with van der Waals surface area (Å²) in [6, 6.07) is 0. The number of carbonyl (C=O) groups excluding carboxylic acids is 1. The Balaban J connectivity index is 2.21. The number of carbonyl (C=O) groups is 1. The van der Waals surface area contributed by atoms with Crippen molar-refractivity contribution in [2.75, 3.05) is 0 Å². The lowest BCUT2D eigenvalue weighted by molar-refractivity contribution is -0.110. The molecule has 2 atom stereocenters. The number of rotatable bonds is 3. The molecule has 0 bridgehead atoms. The number of hydrogen-bond acceptors (Lipinski definition) is 3. The average Bonchev–Trinajstić information content (AvgIpc) is 2.34. The molecule has 0 radical (unpaired) electrons. The van der Waals surface area contributed by atoms with Crippen LogP contribution in [0.3, 0.4) is 0 Å². The summed E-state index contributed by atoms with van der Waals surface area (Å²) in [5, 5.41) is 0. The molecule has 4 heteroatoms. The third-order valence-electron chi connectivity index (χ3n) is 2.45. The Morgan fingerprint density at radius 2 is 2.38 bits per heavy atom. The number of alkyl halides is 1. The molecule has 0 amide bonds. The van der Waals surface area contributed by atoms with Gasteiger partial charge in [0.15, 0.2) is 5.76 Å². The maximum atomic E-state index is 11.2. The molecule has 2 rings (SSSR count). The zero-order valence-corrected chi connectivity index (χ0v) is 10.1. The SMILES string of the molecule is O=CC(C1=COC=CO1)C1=CC=CCC1Br. The van der Waals surface area contributed by atoms with E-state index in [1.165, 1.54) is 18.8 Å². The van der Waals surface area contributed by atoms with Crippen LogP contribution in [0.4, 0.5) is 0 Å². The summed E-state index contributed by atoms with van der Waals surface area (Å²) in [4.78, 5) is 11.3. The number of aldehydes is 1. The minimum Gasteiger partial charge on any atom is -0.466 e. The van der Waals surface area contributed by atoms with Gasteiger partial charge in [0, 0.05) is 4.83 Å². The molecule has 3 nitrogen and oxygen atoms in total. The van der Waals surface area contributed by atoms with E-state index in [1.807, 2.05) is 12.2 Å². The molecule has 0 aromatic carbocycles. The smallest absolute Gasteiger partial charge is 0.153 e. The Morgan fingerprint density at radius 1 is 1.50 bits per heavy atom. The van der Waals surface area contributed by atoms with Crippen LogP contribution in [-0.4, -0.2) is 11.1 Å². The lowest BCUT2D eigenvalue weighted by Gasteiger charge is -2.23. The molecule has 16 heavy (non-hydrogen) atoms. The van der Waals surface area contributed by atoms with Crippen LogP contribution in [0, 0.1) is 5.92 Å². The molecule has 0 spiro atoms. The molecular weight excluding hydrogens is 272 g/mol. The molecule has 1 aliphatic carbocycles. The van der Waals surface area contributed by atoms with Crippen molar-refractivity contribution in [1.82, 2.24) is 0 Å². The van der Waals surface area contributed by atoms with Crippen molar-refractivity contribution >= 4 is 22.2 Å². The van der Waals surface area contributed by atoms with E-state index in [4.69, 9.17) is 9.47 Å². The first-order valence-corrected chi connectivity index (χ1v) is 5.87. The van der Waals surface area contributed by atoms with Crippen LogP contribution in [-0.2, 0) is 14.3 Å². The van der Waals surface area contributed by atoms with Gasteiger partial charge in [-0.1, -0.05) is 34.2 Å². The van der Waals surface area contributed by atoms with Crippen molar-refractivity contribution in [2.45, 2.75) is 11.2 Å². The number of allylic oxidation sites excluding steroid dienone is 4. The summed E-state index contributed by atoms with van der Waals surface area (Å²) in [5.74, 6) is 0.128. The van der Waals surface area contributed by atoms with E-state index in [-0.39, 0.29) is 10.7 Å². The zero-order valence-electron chi connectivity index (χ0n) is 8.51. The molecule has 1 aliphatic heterocycles. The zero-order chi connectivity index (χ0) is 11.4. The van der Waals surface area contributed by atoms with Crippen molar-refractivity contribution in [3.63, 3.8) is 0 Å². The van der Waals surface area contributed by atoms with E-state index in [9.17, 15) is 4.79 Å². The molecule has 0 N–H and O–H groups in total. The number of hydrogen-bond donors (Lipinski definition) is 0. The van der Waals surface area contributed by atoms with E-state index in [0.717, 1.165) is 18.3 Å². The first-order chi connectivity index (χ1) is 7.83. The van der Waals surface area contributed by atoms with Crippen LogP contribution in [0.25, 0.3) is 0 Å². The van der Waals surface area contributed by atoms with Crippen LogP contribution in [0.5, 0.6) is 0 Å². The van der Waals surface area contributed by atoms with Gasteiger partial charge in [0.1, 0.15) is 25.1 Å². The molecular formula is C12H11BrO3. The summed E-state index contributed by atoms with van der Waals surface area (Å²) < 4.78 is 10.3. The average molecular weight is 283 g/mol. The monoisotopic (exact) mass is 282 g/mol. The van der Waals surface area contributed by atoms with Crippen LogP contribution in [0.2, 0.25) is 0 Å². The van der Waals surface area contributed by atoms with Crippen LogP contribution < -0.4 is 0 Å². The van der Waals surface area contributed by atoms with Gasteiger partial charge in [-0.05, 0) is 12.0 Å². The molecule has 84 valence electrons. The molecule has 1 heterocycles. The topological polar surface area (TPSA) is 35.5 Å². The highest BCUT2D eigenvalue weighted by Gasteiger charge is 2.26. The van der Waals surface area contributed by atoms with Gasteiger partial charge in [0.25, 0.3) is 0 Å². The van der Waals surface area contributed by atoms with Crippen LogP contribution >= 0.6 is 15.9 Å². The van der Waals surface area contributed by atoms with Crippen molar-refractivity contribution < 1.29 is 14.3 Å². The fourth-order valence-electron chi connectivity index (χ4n) is 1.65. The minimum absolute atomic E-state index is 0.170. The van der Waals surface area contributed by atoms with Gasteiger partial charge in [0.2, 0.25) is 0 Å². The van der Waals surface area contributed by atoms with Crippen LogP contribution in [0.15, 0.2) is 48.3 Å². The second-order valence-corrected chi connectivity index (χ2v) is 4.56. The lowest BCUT2D eigenvalue weighted by Crippen LogP contribution is -2.19. The summed E-state index contributed by atoms with van der Waals surface area (Å²) in [6.45, 7) is 0. The summed E-state index contributed by atoms with van der Waals surface area (Å²) in [7, 11) is 0. The van der Waals surface area contributed by atoms with E-state index < -0.39 is 0 Å². The predicted octanol–water partition coefficient (Wildman–Crippen LogP) is 2.81. The quantitative estimate of drug-likeness (QED) is 0.590. The van der Waals surface area contributed by atoms with Crippen molar-refractivity contribution in [3.8, 4) is 0 Å². The highest BCUT2D eigenvalue weighted by Crippen LogP contribution is 2.31. The third kappa shape index (κ3) is 2.27. The molecule has 2 unspecified atom stereocenters. The first kappa shape index (κ1) is 11.2. The van der Waals surface area contributed by atoms with Crippen molar-refractivity contribution in [3.05, 3.63) is 48.3 Å². The molecule has 0 saturated carbocycles. The van der Waals surface area contributed by atoms with Gasteiger partial charge in [0.05, 0.1) is 5.92 Å². The molecule has 0 fully saturated rings. The summed E-state index contributed by atoms with van der Waals surface area (Å²) >= 11 is 3.54. The largest absolute Gasteiger partial charge is 0.466 e. The van der Waals surface area contributed by atoms with E-state index in [1.54, 1.807) is 0 Å². The molecule has 0 aromatic heterocycles. The van der Waals surface area contributed by atoms with E-state index >= 15 is 0 Å². The van der Waals surface area contributed by atoms with Crippen molar-refractivity contribution in [2.24, 2.45) is 5.92 Å². The number of ether oxygens (including phenoxy) is 2. The Morgan fingerprint density at radius 3 is 3.00 bits per heavy atom. The number of halogens is 1. The predicted molar refractivity (Wildman–Crippen MR) is 63.5 cm³/mol. The maximum absolute atomic E-state index is 11.2. The Hall–Kier alpha value is -1.29. The fraction of sp³-hybridized carbons (Fsp3) is 0.250. The molecule has 2 aliphatic rings. The highest BCUT2D eigenvalue weighted by atomic mass is 79.9. The Kier molecular flexibility index (Phi) is 3.62. The fourth-order valence-corrected chi connectivity index (χ4v) is 2.30. The van der Waals surface area contributed by atoms with E-state index in [0.29, 0.717) is 5.76 Å². The first-order valence-electron chi connectivity index (χ1n) is 4.96. The van der Waals surface area contributed by atoms with Gasteiger partial charge in [-0.25, -0.2) is 0 Å². The molecule has 0 aromatic rings. The summed E-state index contributed by atoms with van der Waals surface area (Å²) in [6.07, 6.45) is 12.0.